The first-order valence-electron chi connectivity index (χ1n) is 3.78. The third-order valence-electron chi connectivity index (χ3n) is 1.07. The van der Waals surface area contributed by atoms with Crippen LogP contribution in [-0.4, -0.2) is 12.6 Å². The van der Waals surface area contributed by atoms with E-state index in [4.69, 9.17) is 0 Å². The van der Waals surface area contributed by atoms with Crippen molar-refractivity contribution in [3.05, 3.63) is 12.3 Å². The maximum absolute atomic E-state index is 10.7. The van der Waals surface area contributed by atoms with Gasteiger partial charge in [0, 0.05) is 6.54 Å². The molecule has 0 heterocycles. The van der Waals surface area contributed by atoms with Gasteiger partial charge in [0.05, 0.1) is 5.76 Å². The van der Waals surface area contributed by atoms with Gasteiger partial charge in [0.1, 0.15) is 0 Å². The van der Waals surface area contributed by atoms with Crippen molar-refractivity contribution in [2.24, 2.45) is 0 Å². The zero-order chi connectivity index (χ0) is 8.69. The van der Waals surface area contributed by atoms with Gasteiger partial charge in [0.2, 0.25) is 0 Å². The minimum absolute atomic E-state index is 0.411. The van der Waals surface area contributed by atoms with Gasteiger partial charge in [-0.25, -0.2) is 4.79 Å². The monoisotopic (exact) mass is 157 g/mol. The number of alkyl carbamates (subject to hydrolysis) is 1. The molecule has 0 aromatic rings. The van der Waals surface area contributed by atoms with Gasteiger partial charge in [-0.15, -0.1) is 0 Å². The Hall–Kier alpha value is -0.990. The molecule has 64 valence electrons. The first-order valence-corrected chi connectivity index (χ1v) is 3.78. The third-order valence-corrected chi connectivity index (χ3v) is 1.07. The highest BCUT2D eigenvalue weighted by Crippen LogP contribution is 1.90. The van der Waals surface area contributed by atoms with Gasteiger partial charge in [-0.05, 0) is 13.3 Å². The molecule has 1 amide bonds. The van der Waals surface area contributed by atoms with Crippen LogP contribution in [0, 0.1) is 0 Å². The van der Waals surface area contributed by atoms with Crippen LogP contribution in [0.3, 0.4) is 0 Å². The van der Waals surface area contributed by atoms with Crippen LogP contribution in [0.2, 0.25) is 0 Å². The lowest BCUT2D eigenvalue weighted by atomic mass is 10.3. The summed E-state index contributed by atoms with van der Waals surface area (Å²) < 4.78 is 4.65. The number of carbonyl (C=O) groups is 1. The average molecular weight is 157 g/mol. The first kappa shape index (κ1) is 10.0. The number of unbranched alkanes of at least 4 members (excludes halogenated alkanes) is 1. The number of amides is 1. The van der Waals surface area contributed by atoms with Crippen molar-refractivity contribution in [3.63, 3.8) is 0 Å². The van der Waals surface area contributed by atoms with Gasteiger partial charge in [-0.1, -0.05) is 19.9 Å². The van der Waals surface area contributed by atoms with Gasteiger partial charge >= 0.3 is 6.09 Å². The predicted octanol–water partition coefficient (Wildman–Crippen LogP) is 2.05. The normalized spacial score (nSPS) is 8.91. The summed E-state index contributed by atoms with van der Waals surface area (Å²) in [4.78, 5) is 10.7. The van der Waals surface area contributed by atoms with Gasteiger partial charge in [-0.2, -0.15) is 0 Å². The van der Waals surface area contributed by atoms with E-state index in [9.17, 15) is 4.79 Å². The number of ether oxygens (including phenoxy) is 1. The van der Waals surface area contributed by atoms with Crippen LogP contribution in [0.4, 0.5) is 4.79 Å². The molecule has 0 aliphatic carbocycles. The van der Waals surface area contributed by atoms with E-state index in [2.05, 4.69) is 23.6 Å². The van der Waals surface area contributed by atoms with Crippen molar-refractivity contribution >= 4 is 6.09 Å². The fraction of sp³-hybridized carbons (Fsp3) is 0.625. The van der Waals surface area contributed by atoms with Crippen LogP contribution in [0.15, 0.2) is 12.3 Å². The molecule has 0 unspecified atom stereocenters. The summed E-state index contributed by atoms with van der Waals surface area (Å²) in [5, 5.41) is 2.59. The molecule has 3 heteroatoms. The van der Waals surface area contributed by atoms with E-state index >= 15 is 0 Å². The fourth-order valence-electron chi connectivity index (χ4n) is 0.562. The van der Waals surface area contributed by atoms with E-state index in [0.717, 1.165) is 12.8 Å². The first-order chi connectivity index (χ1) is 5.16. The second-order valence-electron chi connectivity index (χ2n) is 2.37. The fourth-order valence-corrected chi connectivity index (χ4v) is 0.562. The number of rotatable bonds is 4. The van der Waals surface area contributed by atoms with E-state index in [1.54, 1.807) is 6.92 Å². The van der Waals surface area contributed by atoms with Gasteiger partial charge in [0.25, 0.3) is 0 Å². The van der Waals surface area contributed by atoms with Gasteiger partial charge < -0.3 is 10.1 Å². The molecule has 0 atom stereocenters. The second-order valence-corrected chi connectivity index (χ2v) is 2.37. The van der Waals surface area contributed by atoms with Gasteiger partial charge in [-0.3, -0.25) is 0 Å². The lowest BCUT2D eigenvalue weighted by Crippen LogP contribution is -2.24. The van der Waals surface area contributed by atoms with Crippen LogP contribution in [0.1, 0.15) is 26.7 Å². The molecule has 3 nitrogen and oxygen atoms in total. The molecular weight excluding hydrogens is 142 g/mol. The Bertz CT molecular complexity index is 143. The van der Waals surface area contributed by atoms with Crippen LogP contribution < -0.4 is 5.32 Å². The Morgan fingerprint density at radius 1 is 1.64 bits per heavy atom. The molecule has 1 N–H and O–H groups in total. The minimum Gasteiger partial charge on any atom is -0.416 e. The van der Waals surface area contributed by atoms with Crippen molar-refractivity contribution in [1.29, 1.82) is 0 Å². The average Bonchev–Trinajstić information content (AvgIpc) is 1.86. The zero-order valence-corrected chi connectivity index (χ0v) is 7.14. The number of hydrogen-bond acceptors (Lipinski definition) is 2. The molecule has 0 aliphatic rings. The Balaban J connectivity index is 3.30. The standard InChI is InChI=1S/C8H15NO2/c1-4-5-6-9-8(10)11-7(2)3/h2,4-6H2,1,3H3,(H,9,10). The highest BCUT2D eigenvalue weighted by atomic mass is 16.6. The molecule has 0 radical (unpaired) electrons. The van der Waals surface area contributed by atoms with Crippen LogP contribution in [0.25, 0.3) is 0 Å². The lowest BCUT2D eigenvalue weighted by Gasteiger charge is -2.03. The SMILES string of the molecule is C=C(C)OC(=O)NCCCC. The summed E-state index contributed by atoms with van der Waals surface area (Å²) in [6.45, 7) is 7.81. The molecule has 0 bridgehead atoms. The molecule has 0 spiro atoms. The Labute approximate surface area is 67.4 Å². The Morgan fingerprint density at radius 2 is 2.27 bits per heavy atom. The smallest absolute Gasteiger partial charge is 0.412 e. The second kappa shape index (κ2) is 5.77. The summed E-state index contributed by atoms with van der Waals surface area (Å²) in [6, 6.07) is 0. The zero-order valence-electron chi connectivity index (χ0n) is 7.14. The number of carbonyl (C=O) groups excluding carboxylic acids is 1. The maximum atomic E-state index is 10.7. The number of allylic oxidation sites excluding steroid dienone is 1. The molecule has 0 aromatic heterocycles. The largest absolute Gasteiger partial charge is 0.416 e. The summed E-state index contributed by atoms with van der Waals surface area (Å²) in [7, 11) is 0. The van der Waals surface area contributed by atoms with Crippen molar-refractivity contribution in [1.82, 2.24) is 5.32 Å². The topological polar surface area (TPSA) is 38.3 Å². The molecule has 0 aromatic carbocycles. The summed E-state index contributed by atoms with van der Waals surface area (Å²) in [6.07, 6.45) is 1.63. The van der Waals surface area contributed by atoms with E-state index in [1.807, 2.05) is 0 Å². The Kier molecular flexibility index (Phi) is 5.25. The van der Waals surface area contributed by atoms with Crippen molar-refractivity contribution in [2.75, 3.05) is 6.54 Å². The van der Waals surface area contributed by atoms with E-state index in [1.165, 1.54) is 0 Å². The Morgan fingerprint density at radius 3 is 2.73 bits per heavy atom. The van der Waals surface area contributed by atoms with Crippen LogP contribution in [-0.2, 0) is 4.74 Å². The van der Waals surface area contributed by atoms with Gasteiger partial charge in [0.15, 0.2) is 0 Å². The van der Waals surface area contributed by atoms with E-state index in [0.29, 0.717) is 12.3 Å². The lowest BCUT2D eigenvalue weighted by molar-refractivity contribution is 0.176. The van der Waals surface area contributed by atoms with Crippen molar-refractivity contribution in [3.8, 4) is 0 Å². The number of nitrogens with one attached hydrogen (secondary N) is 1. The number of hydrogen-bond donors (Lipinski definition) is 1. The predicted molar refractivity (Wildman–Crippen MR) is 44.2 cm³/mol. The third kappa shape index (κ3) is 6.90. The van der Waals surface area contributed by atoms with Crippen LogP contribution in [0.5, 0.6) is 0 Å². The molecule has 0 saturated carbocycles. The maximum Gasteiger partial charge on any atom is 0.412 e. The van der Waals surface area contributed by atoms with E-state index in [-0.39, 0.29) is 0 Å². The molecule has 0 rings (SSSR count). The minimum atomic E-state index is -0.411. The van der Waals surface area contributed by atoms with Crippen LogP contribution >= 0.6 is 0 Å². The summed E-state index contributed by atoms with van der Waals surface area (Å²) in [5.74, 6) is 0.416. The molecule has 0 fully saturated rings. The molecule has 0 aliphatic heterocycles. The highest BCUT2D eigenvalue weighted by molar-refractivity contribution is 5.68. The molecule has 11 heavy (non-hydrogen) atoms. The summed E-state index contributed by atoms with van der Waals surface area (Å²) in [5.41, 5.74) is 0. The molecule has 0 saturated heterocycles. The summed E-state index contributed by atoms with van der Waals surface area (Å²) >= 11 is 0. The highest BCUT2D eigenvalue weighted by Gasteiger charge is 1.98. The van der Waals surface area contributed by atoms with Crippen molar-refractivity contribution in [2.45, 2.75) is 26.7 Å². The van der Waals surface area contributed by atoms with Crippen molar-refractivity contribution < 1.29 is 9.53 Å². The molecular formula is C8H15NO2. The quantitative estimate of drug-likeness (QED) is 0.501. The van der Waals surface area contributed by atoms with E-state index < -0.39 is 6.09 Å².